The molecule has 128 valence electrons. The van der Waals surface area contributed by atoms with Crippen molar-refractivity contribution in [2.45, 2.75) is 13.8 Å². The van der Waals surface area contributed by atoms with Crippen LogP contribution in [-0.4, -0.2) is 24.1 Å². The highest BCUT2D eigenvalue weighted by Gasteiger charge is 2.15. The summed E-state index contributed by atoms with van der Waals surface area (Å²) in [6, 6.07) is 9.28. The molecule has 0 saturated heterocycles. The van der Waals surface area contributed by atoms with Crippen LogP contribution in [-0.2, 0) is 0 Å². The molecule has 0 fully saturated rings. The third-order valence-corrected chi connectivity index (χ3v) is 5.03. The maximum Gasteiger partial charge on any atom is 0.269 e. The highest BCUT2D eigenvalue weighted by atomic mass is 32.1. The van der Waals surface area contributed by atoms with Crippen molar-refractivity contribution in [3.63, 3.8) is 0 Å². The third kappa shape index (κ3) is 3.10. The van der Waals surface area contributed by atoms with Gasteiger partial charge in [0.2, 0.25) is 5.13 Å². The van der Waals surface area contributed by atoms with Crippen molar-refractivity contribution in [2.75, 3.05) is 18.6 Å². The molecule has 1 aliphatic rings. The van der Waals surface area contributed by atoms with Crippen molar-refractivity contribution >= 4 is 32.6 Å². The molecule has 0 unspecified atom stereocenters. The van der Waals surface area contributed by atoms with Gasteiger partial charge in [0, 0.05) is 5.56 Å². The predicted octanol–water partition coefficient (Wildman–Crippen LogP) is 3.44. The monoisotopic (exact) mass is 355 g/mol. The van der Waals surface area contributed by atoms with Crippen LogP contribution in [0.15, 0.2) is 30.3 Å². The number of hydrogen-bond donors (Lipinski definition) is 2. The lowest BCUT2D eigenvalue weighted by molar-refractivity contribution is 0.0961. The highest BCUT2D eigenvalue weighted by Crippen LogP contribution is 2.31. The van der Waals surface area contributed by atoms with Crippen molar-refractivity contribution in [3.05, 3.63) is 47.0 Å². The van der Waals surface area contributed by atoms with Crippen LogP contribution in [0.3, 0.4) is 0 Å². The number of ether oxygens (including phenoxy) is 2. The Morgan fingerprint density at radius 1 is 1.12 bits per heavy atom. The lowest BCUT2D eigenvalue weighted by Crippen LogP contribution is -2.29. The Bertz CT molecular complexity index is 968. The van der Waals surface area contributed by atoms with Crippen LogP contribution in [0.4, 0.5) is 5.13 Å². The molecule has 7 heteroatoms. The first kappa shape index (κ1) is 15.7. The van der Waals surface area contributed by atoms with E-state index in [1.54, 1.807) is 18.2 Å². The van der Waals surface area contributed by atoms with Crippen molar-refractivity contribution in [1.29, 1.82) is 0 Å². The normalized spacial score (nSPS) is 12.9. The number of amides is 1. The molecule has 4 rings (SSSR count). The molecular formula is C18H17N3O3S. The molecule has 0 bridgehead atoms. The van der Waals surface area contributed by atoms with Crippen molar-refractivity contribution in [3.8, 4) is 11.5 Å². The summed E-state index contributed by atoms with van der Waals surface area (Å²) < 4.78 is 12.1. The van der Waals surface area contributed by atoms with Gasteiger partial charge in [0.1, 0.15) is 13.2 Å². The van der Waals surface area contributed by atoms with Gasteiger partial charge in [-0.05, 0) is 49.2 Å². The number of aromatic nitrogens is 1. The van der Waals surface area contributed by atoms with Gasteiger partial charge in [0.05, 0.1) is 10.2 Å². The minimum absolute atomic E-state index is 0.260. The number of fused-ring (bicyclic) bond motifs is 2. The maximum atomic E-state index is 12.3. The minimum Gasteiger partial charge on any atom is -0.486 e. The summed E-state index contributed by atoms with van der Waals surface area (Å²) in [6.45, 7) is 5.12. The quantitative estimate of drug-likeness (QED) is 0.704. The molecule has 0 spiro atoms. The van der Waals surface area contributed by atoms with Crippen LogP contribution in [0.25, 0.3) is 10.2 Å². The van der Waals surface area contributed by atoms with Gasteiger partial charge in [0.25, 0.3) is 5.91 Å². The summed E-state index contributed by atoms with van der Waals surface area (Å²) in [5, 5.41) is 0.648. The number of anilines is 1. The molecule has 0 radical (unpaired) electrons. The zero-order chi connectivity index (χ0) is 17.4. The number of hydrogen-bond acceptors (Lipinski definition) is 6. The molecule has 1 aliphatic heterocycles. The lowest BCUT2D eigenvalue weighted by Gasteiger charge is -2.18. The summed E-state index contributed by atoms with van der Waals surface area (Å²) in [6.07, 6.45) is 0. The van der Waals surface area contributed by atoms with Gasteiger partial charge in [-0.15, -0.1) is 0 Å². The van der Waals surface area contributed by atoms with Gasteiger partial charge in [-0.3, -0.25) is 15.6 Å². The maximum absolute atomic E-state index is 12.3. The molecule has 1 amide bonds. The van der Waals surface area contributed by atoms with E-state index >= 15 is 0 Å². The number of rotatable bonds is 3. The molecular weight excluding hydrogens is 338 g/mol. The number of carbonyl (C=O) groups excluding carboxylic acids is 1. The molecule has 2 N–H and O–H groups in total. The van der Waals surface area contributed by atoms with Crippen LogP contribution in [0.5, 0.6) is 11.5 Å². The number of nitrogens with one attached hydrogen (secondary N) is 2. The van der Waals surface area contributed by atoms with E-state index in [1.807, 2.05) is 13.0 Å². The molecule has 2 aromatic carbocycles. The van der Waals surface area contributed by atoms with E-state index in [0.29, 0.717) is 35.4 Å². The fourth-order valence-corrected chi connectivity index (χ4v) is 3.67. The predicted molar refractivity (Wildman–Crippen MR) is 97.6 cm³/mol. The van der Waals surface area contributed by atoms with E-state index in [4.69, 9.17) is 9.47 Å². The van der Waals surface area contributed by atoms with Crippen LogP contribution in [0.1, 0.15) is 21.5 Å². The molecule has 2 heterocycles. The van der Waals surface area contributed by atoms with E-state index in [-0.39, 0.29) is 5.91 Å². The Labute approximate surface area is 148 Å². The number of carbonyl (C=O) groups is 1. The fourth-order valence-electron chi connectivity index (χ4n) is 2.80. The number of benzene rings is 2. The zero-order valence-corrected chi connectivity index (χ0v) is 14.7. The van der Waals surface area contributed by atoms with Gasteiger partial charge in [-0.2, -0.15) is 0 Å². The summed E-state index contributed by atoms with van der Waals surface area (Å²) in [5.41, 5.74) is 9.34. The molecule has 0 atom stereocenters. The average molecular weight is 355 g/mol. The molecule has 6 nitrogen and oxygen atoms in total. The topological polar surface area (TPSA) is 72.5 Å². The van der Waals surface area contributed by atoms with Crippen molar-refractivity contribution < 1.29 is 14.3 Å². The average Bonchev–Trinajstić information content (AvgIpc) is 3.02. The number of thiazole rings is 1. The third-order valence-electron chi connectivity index (χ3n) is 3.91. The van der Waals surface area contributed by atoms with Gasteiger partial charge < -0.3 is 9.47 Å². The standard InChI is InChI=1S/C18H17N3O3S/c1-10-7-11(2)16-13(8-10)19-18(25-16)21-20-17(22)12-3-4-14-15(9-12)24-6-5-23-14/h3-4,7-9H,5-6H2,1-2H3,(H,19,21)(H,20,22). The van der Waals surface area contributed by atoms with Crippen LogP contribution < -0.4 is 20.3 Å². The second-order valence-corrected chi connectivity index (χ2v) is 6.89. The van der Waals surface area contributed by atoms with E-state index < -0.39 is 0 Å². The molecule has 3 aromatic rings. The lowest BCUT2D eigenvalue weighted by atomic mass is 10.1. The zero-order valence-electron chi connectivity index (χ0n) is 13.9. The van der Waals surface area contributed by atoms with E-state index in [2.05, 4.69) is 28.8 Å². The minimum atomic E-state index is -0.260. The largest absolute Gasteiger partial charge is 0.486 e. The van der Waals surface area contributed by atoms with Gasteiger partial charge in [-0.1, -0.05) is 17.4 Å². The SMILES string of the molecule is Cc1cc(C)c2sc(NNC(=O)c3ccc4c(c3)OCCO4)nc2c1. The molecule has 0 saturated carbocycles. The first-order valence-electron chi connectivity index (χ1n) is 7.94. The van der Waals surface area contributed by atoms with Crippen molar-refractivity contribution in [1.82, 2.24) is 10.4 Å². The van der Waals surface area contributed by atoms with Crippen LogP contribution >= 0.6 is 11.3 Å². The first-order valence-corrected chi connectivity index (χ1v) is 8.75. The highest BCUT2D eigenvalue weighted by molar-refractivity contribution is 7.22. The van der Waals surface area contributed by atoms with E-state index in [0.717, 1.165) is 10.2 Å². The summed E-state index contributed by atoms with van der Waals surface area (Å²) in [4.78, 5) is 16.9. The Kier molecular flexibility index (Phi) is 3.93. The Hall–Kier alpha value is -2.80. The Morgan fingerprint density at radius 3 is 2.76 bits per heavy atom. The molecule has 25 heavy (non-hydrogen) atoms. The van der Waals surface area contributed by atoms with Crippen molar-refractivity contribution in [2.24, 2.45) is 0 Å². The van der Waals surface area contributed by atoms with E-state index in [9.17, 15) is 4.79 Å². The molecule has 0 aliphatic carbocycles. The summed E-state index contributed by atoms with van der Waals surface area (Å²) >= 11 is 1.51. The number of nitrogens with zero attached hydrogens (tertiary/aromatic N) is 1. The Morgan fingerprint density at radius 2 is 1.92 bits per heavy atom. The van der Waals surface area contributed by atoms with Crippen LogP contribution in [0, 0.1) is 13.8 Å². The first-order chi connectivity index (χ1) is 12.1. The van der Waals surface area contributed by atoms with E-state index in [1.165, 1.54) is 22.5 Å². The smallest absolute Gasteiger partial charge is 0.269 e. The summed E-state index contributed by atoms with van der Waals surface area (Å²) in [5.74, 6) is 0.988. The van der Waals surface area contributed by atoms with Gasteiger partial charge in [-0.25, -0.2) is 4.98 Å². The van der Waals surface area contributed by atoms with Crippen LogP contribution in [0.2, 0.25) is 0 Å². The molecule has 1 aromatic heterocycles. The fraction of sp³-hybridized carbons (Fsp3) is 0.222. The summed E-state index contributed by atoms with van der Waals surface area (Å²) in [7, 11) is 0. The Balaban J connectivity index is 1.49. The second-order valence-electron chi connectivity index (χ2n) is 5.89. The van der Waals surface area contributed by atoms with Gasteiger partial charge >= 0.3 is 0 Å². The number of aryl methyl sites for hydroxylation is 2. The number of hydrazine groups is 1. The second kappa shape index (κ2) is 6.25. The van der Waals surface area contributed by atoms with Gasteiger partial charge in [0.15, 0.2) is 11.5 Å².